The molecule has 21 heavy (non-hydrogen) atoms. The summed E-state index contributed by atoms with van der Waals surface area (Å²) in [4.78, 5) is 12.3. The van der Waals surface area contributed by atoms with Gasteiger partial charge in [0, 0.05) is 16.5 Å². The zero-order chi connectivity index (χ0) is 14.4. The molecule has 0 heterocycles. The van der Waals surface area contributed by atoms with Crippen molar-refractivity contribution >= 4 is 27.5 Å². The van der Waals surface area contributed by atoms with Crippen molar-refractivity contribution < 1.29 is 32.0 Å². The van der Waals surface area contributed by atoms with Crippen LogP contribution in [0.5, 0.6) is 0 Å². The van der Waals surface area contributed by atoms with Crippen molar-refractivity contribution in [3.8, 4) is 0 Å². The van der Waals surface area contributed by atoms with E-state index in [-0.39, 0.29) is 46.9 Å². The third-order valence-corrected chi connectivity index (χ3v) is 5.36. The molecule has 0 bridgehead atoms. The van der Waals surface area contributed by atoms with Crippen molar-refractivity contribution in [2.45, 2.75) is 0 Å². The standard InChI is InChI=1S/C16H19O3S.BrH/c17-7-9-20(10-8-18)12-16(19)15-6-5-13-3-1-2-4-14(13)11-15;/h1-6,11,17-18H,7-10,12H2;1H/q+1;/p-1. The minimum Gasteiger partial charge on any atom is -1.00 e. The fraction of sp³-hybridized carbons (Fsp3) is 0.312. The first-order valence-electron chi connectivity index (χ1n) is 6.62. The van der Waals surface area contributed by atoms with E-state index < -0.39 is 0 Å². The Hall–Kier alpha value is -0.880. The summed E-state index contributed by atoms with van der Waals surface area (Å²) < 4.78 is 0. The van der Waals surface area contributed by atoms with Crippen molar-refractivity contribution in [2.24, 2.45) is 0 Å². The Bertz CT molecular complexity index is 582. The molecular formula is C16H19BrO3S. The summed E-state index contributed by atoms with van der Waals surface area (Å²) >= 11 is 0. The molecule has 0 aliphatic heterocycles. The fourth-order valence-corrected chi connectivity index (χ4v) is 3.68. The van der Waals surface area contributed by atoms with Crippen molar-refractivity contribution in [1.29, 1.82) is 0 Å². The summed E-state index contributed by atoms with van der Waals surface area (Å²) in [6, 6.07) is 13.7. The molecule has 0 saturated carbocycles. The second kappa shape index (κ2) is 9.20. The molecule has 5 heteroatoms. The van der Waals surface area contributed by atoms with Crippen LogP contribution < -0.4 is 17.0 Å². The van der Waals surface area contributed by atoms with Gasteiger partial charge in [-0.05, 0) is 16.8 Å². The van der Waals surface area contributed by atoms with Crippen molar-refractivity contribution in [3.63, 3.8) is 0 Å². The number of rotatable bonds is 7. The Morgan fingerprint density at radius 2 is 1.57 bits per heavy atom. The van der Waals surface area contributed by atoms with E-state index >= 15 is 0 Å². The molecule has 0 fully saturated rings. The first-order chi connectivity index (χ1) is 9.74. The minimum absolute atomic E-state index is 0. The molecule has 0 saturated heterocycles. The van der Waals surface area contributed by atoms with E-state index in [9.17, 15) is 4.79 Å². The molecule has 2 aromatic carbocycles. The number of halogens is 1. The van der Waals surface area contributed by atoms with Crippen LogP contribution in [0.2, 0.25) is 0 Å². The monoisotopic (exact) mass is 370 g/mol. The molecule has 0 aromatic heterocycles. The first-order valence-corrected chi connectivity index (χ1v) is 8.35. The Kier molecular flexibility index (Phi) is 7.96. The third-order valence-electron chi connectivity index (χ3n) is 3.17. The Balaban J connectivity index is 0.00000220. The van der Waals surface area contributed by atoms with E-state index in [2.05, 4.69) is 0 Å². The zero-order valence-electron chi connectivity index (χ0n) is 11.7. The lowest BCUT2D eigenvalue weighted by Gasteiger charge is -2.06. The maximum atomic E-state index is 12.3. The highest BCUT2D eigenvalue weighted by Gasteiger charge is 2.22. The van der Waals surface area contributed by atoms with E-state index in [4.69, 9.17) is 10.2 Å². The molecule has 2 rings (SSSR count). The summed E-state index contributed by atoms with van der Waals surface area (Å²) in [6.45, 7) is 0.127. The van der Waals surface area contributed by atoms with Gasteiger partial charge in [-0.1, -0.05) is 36.4 Å². The minimum atomic E-state index is -0.238. The SMILES string of the molecule is O=C(C[S+](CCO)CCO)c1ccc2ccccc2c1.[Br-]. The summed E-state index contributed by atoms with van der Waals surface area (Å²) in [5, 5.41) is 20.2. The summed E-state index contributed by atoms with van der Waals surface area (Å²) in [7, 11) is -0.238. The van der Waals surface area contributed by atoms with Gasteiger partial charge < -0.3 is 27.2 Å². The molecule has 0 aliphatic carbocycles. The van der Waals surface area contributed by atoms with Crippen LogP contribution in [-0.2, 0) is 10.9 Å². The Labute approximate surface area is 138 Å². The first kappa shape index (κ1) is 18.2. The number of Topliss-reactive ketones (excluding diaryl/α,β-unsaturated/α-hetero) is 1. The topological polar surface area (TPSA) is 57.5 Å². The van der Waals surface area contributed by atoms with Gasteiger partial charge in [0.15, 0.2) is 5.75 Å². The van der Waals surface area contributed by atoms with E-state index in [1.807, 2.05) is 42.5 Å². The number of benzene rings is 2. The number of carbonyl (C=O) groups is 1. The van der Waals surface area contributed by atoms with Gasteiger partial charge in [0.05, 0.1) is 13.2 Å². The van der Waals surface area contributed by atoms with Crippen LogP contribution in [0.1, 0.15) is 10.4 Å². The molecule has 0 spiro atoms. The Morgan fingerprint density at radius 1 is 0.952 bits per heavy atom. The number of hydrogen-bond donors (Lipinski definition) is 2. The second-order valence-corrected chi connectivity index (χ2v) is 6.93. The number of ketones is 1. The van der Waals surface area contributed by atoms with Crippen LogP contribution in [0.3, 0.4) is 0 Å². The highest BCUT2D eigenvalue weighted by atomic mass is 79.9. The maximum absolute atomic E-state index is 12.3. The lowest BCUT2D eigenvalue weighted by atomic mass is 10.1. The largest absolute Gasteiger partial charge is 1.00 e. The van der Waals surface area contributed by atoms with Crippen LogP contribution in [-0.4, -0.2) is 46.5 Å². The fourth-order valence-electron chi connectivity index (χ4n) is 2.14. The lowest BCUT2D eigenvalue weighted by molar-refractivity contribution is -0.0000142. The van der Waals surface area contributed by atoms with Gasteiger partial charge in [0.25, 0.3) is 0 Å². The van der Waals surface area contributed by atoms with Crippen LogP contribution in [0.4, 0.5) is 0 Å². The maximum Gasteiger partial charge on any atom is 0.211 e. The lowest BCUT2D eigenvalue weighted by Crippen LogP contribution is -3.00. The van der Waals surface area contributed by atoms with Gasteiger partial charge in [0.2, 0.25) is 5.78 Å². The molecule has 2 aromatic rings. The smallest absolute Gasteiger partial charge is 0.211 e. The van der Waals surface area contributed by atoms with Crippen molar-refractivity contribution in [1.82, 2.24) is 0 Å². The molecular weight excluding hydrogens is 352 g/mol. The van der Waals surface area contributed by atoms with E-state index in [1.165, 1.54) is 0 Å². The van der Waals surface area contributed by atoms with E-state index in [0.717, 1.165) is 10.8 Å². The van der Waals surface area contributed by atoms with E-state index in [1.54, 1.807) is 0 Å². The number of aliphatic hydroxyl groups is 2. The number of fused-ring (bicyclic) bond motifs is 1. The number of hydrogen-bond acceptors (Lipinski definition) is 3. The third kappa shape index (κ3) is 5.11. The highest BCUT2D eigenvalue weighted by molar-refractivity contribution is 7.97. The molecule has 3 nitrogen and oxygen atoms in total. The van der Waals surface area contributed by atoms with Crippen LogP contribution in [0.25, 0.3) is 10.8 Å². The normalized spacial score (nSPS) is 10.6. The van der Waals surface area contributed by atoms with Gasteiger partial charge in [-0.3, -0.25) is 4.79 Å². The predicted molar refractivity (Wildman–Crippen MR) is 84.4 cm³/mol. The molecule has 0 unspecified atom stereocenters. The summed E-state index contributed by atoms with van der Waals surface area (Å²) in [5.41, 5.74) is 0.706. The van der Waals surface area contributed by atoms with Gasteiger partial charge in [-0.25, -0.2) is 0 Å². The van der Waals surface area contributed by atoms with Gasteiger partial charge >= 0.3 is 0 Å². The van der Waals surface area contributed by atoms with Crippen molar-refractivity contribution in [3.05, 3.63) is 48.0 Å². The number of carbonyl (C=O) groups excluding carboxylic acids is 1. The zero-order valence-corrected chi connectivity index (χ0v) is 14.1. The molecule has 2 N–H and O–H groups in total. The summed E-state index contributed by atoms with van der Waals surface area (Å²) in [5.74, 6) is 1.65. The average molecular weight is 371 g/mol. The number of aliphatic hydroxyl groups excluding tert-OH is 2. The molecule has 0 radical (unpaired) electrons. The highest BCUT2D eigenvalue weighted by Crippen LogP contribution is 2.16. The predicted octanol–water partition coefficient (Wildman–Crippen LogP) is -1.37. The van der Waals surface area contributed by atoms with Crippen LogP contribution in [0.15, 0.2) is 42.5 Å². The quantitative estimate of drug-likeness (QED) is 0.467. The van der Waals surface area contributed by atoms with Gasteiger partial charge in [-0.2, -0.15) is 0 Å². The molecule has 0 amide bonds. The van der Waals surface area contributed by atoms with Crippen LogP contribution >= 0.6 is 0 Å². The van der Waals surface area contributed by atoms with Gasteiger partial charge in [-0.15, -0.1) is 0 Å². The van der Waals surface area contributed by atoms with Crippen molar-refractivity contribution in [2.75, 3.05) is 30.5 Å². The molecule has 114 valence electrons. The average Bonchev–Trinajstić information content (AvgIpc) is 2.47. The second-order valence-electron chi connectivity index (χ2n) is 4.60. The van der Waals surface area contributed by atoms with Crippen LogP contribution in [0, 0.1) is 0 Å². The Morgan fingerprint density at radius 3 is 2.19 bits per heavy atom. The van der Waals surface area contributed by atoms with E-state index in [0.29, 0.717) is 22.8 Å². The van der Waals surface area contributed by atoms with Gasteiger partial charge in [0.1, 0.15) is 11.5 Å². The molecule has 0 aliphatic rings. The summed E-state index contributed by atoms with van der Waals surface area (Å²) in [6.07, 6.45) is 0. The molecule has 0 atom stereocenters.